The summed E-state index contributed by atoms with van der Waals surface area (Å²) in [6.07, 6.45) is 4.10. The molecule has 1 atom stereocenters. The van der Waals surface area contributed by atoms with Crippen molar-refractivity contribution in [2.24, 2.45) is 5.92 Å². The number of aromatic nitrogens is 2. The van der Waals surface area contributed by atoms with Crippen molar-refractivity contribution in [2.45, 2.75) is 49.9 Å². The molecule has 0 aliphatic carbocycles. The number of alkyl halides is 1. The van der Waals surface area contributed by atoms with Crippen molar-refractivity contribution in [3.8, 4) is 0 Å². The highest BCUT2D eigenvalue weighted by molar-refractivity contribution is 9.09. The van der Waals surface area contributed by atoms with Crippen LogP contribution in [0.4, 0.5) is 0 Å². The molecule has 0 aliphatic heterocycles. The minimum atomic E-state index is -3.49. The van der Waals surface area contributed by atoms with Gasteiger partial charge in [-0.15, -0.1) is 0 Å². The number of aromatic amines is 1. The second-order valence-corrected chi connectivity index (χ2v) is 7.40. The Hall–Kier alpha value is -0.400. The minimum absolute atomic E-state index is 0.133. The van der Waals surface area contributed by atoms with Gasteiger partial charge in [-0.1, -0.05) is 49.5 Å². The van der Waals surface area contributed by atoms with Gasteiger partial charge in [0.1, 0.15) is 5.82 Å². The van der Waals surface area contributed by atoms with Crippen LogP contribution >= 0.6 is 15.9 Å². The van der Waals surface area contributed by atoms with Crippen molar-refractivity contribution in [2.75, 3.05) is 6.54 Å². The molecule has 0 radical (unpaired) electrons. The van der Waals surface area contributed by atoms with Crippen LogP contribution < -0.4 is 4.72 Å². The maximum atomic E-state index is 12.1. The Bertz CT molecular complexity index is 483. The number of rotatable bonds is 8. The Morgan fingerprint density at radius 1 is 1.37 bits per heavy atom. The van der Waals surface area contributed by atoms with Gasteiger partial charge >= 0.3 is 0 Å². The summed E-state index contributed by atoms with van der Waals surface area (Å²) >= 11 is 3.56. The zero-order valence-corrected chi connectivity index (χ0v) is 14.0. The van der Waals surface area contributed by atoms with Gasteiger partial charge in [0.2, 0.25) is 0 Å². The fraction of sp³-hybridized carbons (Fsp3) is 0.750. The average Bonchev–Trinajstić information content (AvgIpc) is 2.87. The van der Waals surface area contributed by atoms with Crippen LogP contribution in [0.5, 0.6) is 0 Å². The van der Waals surface area contributed by atoms with E-state index in [1.807, 2.05) is 6.92 Å². The first kappa shape index (κ1) is 16.7. The molecule has 110 valence electrons. The van der Waals surface area contributed by atoms with E-state index in [1.54, 1.807) is 0 Å². The molecule has 0 amide bonds. The van der Waals surface area contributed by atoms with E-state index < -0.39 is 10.0 Å². The van der Waals surface area contributed by atoms with Crippen molar-refractivity contribution in [3.05, 3.63) is 12.0 Å². The van der Waals surface area contributed by atoms with E-state index in [2.05, 4.69) is 44.5 Å². The smallest absolute Gasteiger partial charge is 0.257 e. The number of halogens is 1. The molecule has 19 heavy (non-hydrogen) atoms. The van der Waals surface area contributed by atoms with Gasteiger partial charge in [-0.05, 0) is 5.92 Å². The molecular formula is C12H22BrN3O2S. The summed E-state index contributed by atoms with van der Waals surface area (Å²) < 4.78 is 26.7. The van der Waals surface area contributed by atoms with Gasteiger partial charge in [-0.3, -0.25) is 0 Å². The lowest BCUT2D eigenvalue weighted by molar-refractivity contribution is 0.470. The highest BCUT2D eigenvalue weighted by Crippen LogP contribution is 2.20. The normalized spacial score (nSPS) is 13.9. The number of hydrogen-bond acceptors (Lipinski definition) is 3. The molecule has 1 aromatic rings. The maximum absolute atomic E-state index is 12.1. The average molecular weight is 352 g/mol. The minimum Gasteiger partial charge on any atom is -0.332 e. The van der Waals surface area contributed by atoms with E-state index in [4.69, 9.17) is 0 Å². The predicted octanol–water partition coefficient (Wildman–Crippen LogP) is 2.45. The fourth-order valence-electron chi connectivity index (χ4n) is 1.89. The number of nitrogens with zero attached hydrogens (tertiary/aromatic N) is 1. The lowest BCUT2D eigenvalue weighted by Crippen LogP contribution is -2.33. The van der Waals surface area contributed by atoms with Crippen molar-refractivity contribution in [1.29, 1.82) is 0 Å². The lowest BCUT2D eigenvalue weighted by Gasteiger charge is -2.19. The van der Waals surface area contributed by atoms with E-state index in [1.165, 1.54) is 6.20 Å². The summed E-state index contributed by atoms with van der Waals surface area (Å²) in [6, 6.07) is 0. The topological polar surface area (TPSA) is 74.8 Å². The molecule has 0 bridgehead atoms. The van der Waals surface area contributed by atoms with Crippen LogP contribution in [0.1, 0.15) is 39.4 Å². The molecule has 1 aromatic heterocycles. The molecular weight excluding hydrogens is 330 g/mol. The Balaban J connectivity index is 2.65. The summed E-state index contributed by atoms with van der Waals surface area (Å²) in [5.41, 5.74) is 0. The molecule has 1 rings (SSSR count). The highest BCUT2D eigenvalue weighted by Gasteiger charge is 2.21. The zero-order chi connectivity index (χ0) is 14.5. The van der Waals surface area contributed by atoms with E-state index in [-0.39, 0.29) is 9.85 Å². The molecule has 0 aliphatic rings. The van der Waals surface area contributed by atoms with Crippen LogP contribution in [0.2, 0.25) is 0 Å². The van der Waals surface area contributed by atoms with Crippen LogP contribution in [0.3, 0.4) is 0 Å². The standard InChI is InChI=1S/C12H22BrN3O2S/c1-4-9(5-2)10(13)7-15-19(17,18)12-8-14-11(6-3)16-12/h8-10,15H,4-7H2,1-3H3,(H,14,16). The molecule has 5 nitrogen and oxygen atoms in total. The molecule has 0 fully saturated rings. The van der Waals surface area contributed by atoms with E-state index >= 15 is 0 Å². The zero-order valence-electron chi connectivity index (χ0n) is 11.6. The molecule has 7 heteroatoms. The Morgan fingerprint density at radius 3 is 2.47 bits per heavy atom. The molecule has 0 saturated carbocycles. The van der Waals surface area contributed by atoms with Gasteiger partial charge in [-0.2, -0.15) is 0 Å². The first-order valence-corrected chi connectivity index (χ1v) is 9.02. The van der Waals surface area contributed by atoms with Crippen molar-refractivity contribution < 1.29 is 8.42 Å². The molecule has 0 spiro atoms. The quantitative estimate of drug-likeness (QED) is 0.706. The first-order valence-electron chi connectivity index (χ1n) is 6.62. The van der Waals surface area contributed by atoms with Gasteiger partial charge < -0.3 is 4.98 Å². The summed E-state index contributed by atoms with van der Waals surface area (Å²) in [5.74, 6) is 1.14. The van der Waals surface area contributed by atoms with Gasteiger partial charge in [0.25, 0.3) is 10.0 Å². The second kappa shape index (κ2) is 7.40. The fourth-order valence-corrected chi connectivity index (χ4v) is 4.02. The summed E-state index contributed by atoms with van der Waals surface area (Å²) in [7, 11) is -3.49. The largest absolute Gasteiger partial charge is 0.332 e. The van der Waals surface area contributed by atoms with E-state index in [9.17, 15) is 8.42 Å². The predicted molar refractivity (Wildman–Crippen MR) is 79.9 cm³/mol. The van der Waals surface area contributed by atoms with Crippen LogP contribution in [0.25, 0.3) is 0 Å². The van der Waals surface area contributed by atoms with Crippen LogP contribution in [-0.2, 0) is 16.4 Å². The van der Waals surface area contributed by atoms with Crippen molar-refractivity contribution in [1.82, 2.24) is 14.7 Å². The van der Waals surface area contributed by atoms with E-state index in [0.717, 1.165) is 12.8 Å². The van der Waals surface area contributed by atoms with Crippen molar-refractivity contribution in [3.63, 3.8) is 0 Å². The number of imidazole rings is 1. The van der Waals surface area contributed by atoms with Crippen LogP contribution in [-0.4, -0.2) is 29.8 Å². The number of hydrogen-bond donors (Lipinski definition) is 2. The second-order valence-electron chi connectivity index (χ2n) is 4.49. The van der Waals surface area contributed by atoms with Gasteiger partial charge in [0.15, 0.2) is 5.03 Å². The third kappa shape index (κ3) is 4.57. The molecule has 1 heterocycles. The SMILES string of the molecule is CCc1ncc(S(=O)(=O)NCC(Br)C(CC)CC)[nH]1. The van der Waals surface area contributed by atoms with Gasteiger partial charge in [-0.25, -0.2) is 18.1 Å². The third-order valence-corrected chi connectivity index (χ3v) is 5.66. The van der Waals surface area contributed by atoms with E-state index in [0.29, 0.717) is 24.7 Å². The van der Waals surface area contributed by atoms with Gasteiger partial charge in [0, 0.05) is 17.8 Å². The first-order chi connectivity index (χ1) is 8.94. The highest BCUT2D eigenvalue weighted by atomic mass is 79.9. The number of nitrogens with one attached hydrogen (secondary N) is 2. The van der Waals surface area contributed by atoms with Crippen LogP contribution in [0.15, 0.2) is 11.2 Å². The van der Waals surface area contributed by atoms with Gasteiger partial charge in [0.05, 0.1) is 6.20 Å². The Labute approximate surface area is 123 Å². The Morgan fingerprint density at radius 2 is 2.00 bits per heavy atom. The van der Waals surface area contributed by atoms with Crippen LogP contribution in [0, 0.1) is 5.92 Å². The summed E-state index contributed by atoms with van der Waals surface area (Å²) in [4.78, 5) is 6.96. The molecule has 1 unspecified atom stereocenters. The monoisotopic (exact) mass is 351 g/mol. The molecule has 2 N–H and O–H groups in total. The van der Waals surface area contributed by atoms with Crippen molar-refractivity contribution >= 4 is 26.0 Å². The third-order valence-electron chi connectivity index (χ3n) is 3.26. The number of H-pyrrole nitrogens is 1. The number of sulfonamides is 1. The lowest BCUT2D eigenvalue weighted by atomic mass is 10.00. The summed E-state index contributed by atoms with van der Waals surface area (Å²) in [5, 5.41) is 0.133. The molecule has 0 aromatic carbocycles. The summed E-state index contributed by atoms with van der Waals surface area (Å²) in [6.45, 7) is 6.53. The molecule has 0 saturated heterocycles. The Kier molecular flexibility index (Phi) is 6.49. The number of aryl methyl sites for hydroxylation is 1. The maximum Gasteiger partial charge on any atom is 0.257 e.